The molecule has 0 spiro atoms. The van der Waals surface area contributed by atoms with Crippen molar-refractivity contribution >= 4 is 23.3 Å². The van der Waals surface area contributed by atoms with Crippen molar-refractivity contribution in [3.05, 3.63) is 58.7 Å². The Labute approximate surface area is 244 Å². The normalized spacial score (nSPS) is 42.8. The van der Waals surface area contributed by atoms with E-state index in [1.54, 1.807) is 31.2 Å². The number of carbonyl (C=O) groups is 2. The Morgan fingerprint density at radius 3 is 2.55 bits per heavy atom. The fourth-order valence-corrected chi connectivity index (χ4v) is 9.04. The van der Waals surface area contributed by atoms with Gasteiger partial charge in [-0.25, -0.2) is 8.78 Å². The monoisotopic (exact) mass is 614 g/mol. The third-order valence-electron chi connectivity index (χ3n) is 10.7. The number of hydrogen-bond donors (Lipinski definition) is 2. The molecule has 228 valence electrons. The number of amides is 1. The quantitative estimate of drug-likeness (QED) is 0.464. The third-order valence-corrected chi connectivity index (χ3v) is 11.0. The molecule has 0 radical (unpaired) electrons. The molecule has 1 amide bonds. The lowest BCUT2D eigenvalue weighted by Crippen LogP contribution is -2.71. The first kappa shape index (κ1) is 29.7. The molecule has 1 aromatic rings. The highest BCUT2D eigenvalue weighted by atomic mass is 35.5. The number of allylic oxidation sites excluding steroid dienone is 4. The predicted octanol–water partition coefficient (Wildman–Crippen LogP) is 5.05. The van der Waals surface area contributed by atoms with Crippen LogP contribution in [0.3, 0.4) is 0 Å². The summed E-state index contributed by atoms with van der Waals surface area (Å²) in [4.78, 5) is 32.3. The van der Waals surface area contributed by atoms with E-state index in [0.717, 1.165) is 11.6 Å². The van der Waals surface area contributed by atoms with Gasteiger partial charge >= 0.3 is 6.18 Å². The summed E-state index contributed by atoms with van der Waals surface area (Å²) in [6.45, 7) is 1.89. The Morgan fingerprint density at radius 1 is 1.19 bits per heavy atom. The molecule has 6 rings (SSSR count). The Kier molecular flexibility index (Phi) is 6.78. The van der Waals surface area contributed by atoms with Gasteiger partial charge in [-0.3, -0.25) is 14.4 Å². The summed E-state index contributed by atoms with van der Waals surface area (Å²) in [5.41, 5.74) is -6.44. The fourth-order valence-electron chi connectivity index (χ4n) is 8.91. The number of halogens is 6. The maximum atomic E-state index is 17.5. The van der Waals surface area contributed by atoms with Gasteiger partial charge in [-0.1, -0.05) is 36.7 Å². The number of alkyl halides is 5. The number of aliphatic hydroxyl groups excluding tert-OH is 1. The van der Waals surface area contributed by atoms with Crippen molar-refractivity contribution in [3.63, 3.8) is 0 Å². The molecule has 6 nitrogen and oxygen atoms in total. The second-order valence-electron chi connectivity index (χ2n) is 12.9. The number of hydrogen-bond acceptors (Lipinski definition) is 5. The molecule has 9 atom stereocenters. The van der Waals surface area contributed by atoms with Gasteiger partial charge in [0.05, 0.1) is 6.10 Å². The van der Waals surface area contributed by atoms with Crippen LogP contribution in [-0.4, -0.2) is 64.7 Å². The summed E-state index contributed by atoms with van der Waals surface area (Å²) in [7, 11) is 0. The number of nitrogens with zero attached hydrogens (tertiary/aromatic N) is 1. The van der Waals surface area contributed by atoms with Crippen LogP contribution in [0.15, 0.2) is 48.1 Å². The zero-order valence-corrected chi connectivity index (χ0v) is 23.8. The minimum absolute atomic E-state index is 0.0300. The summed E-state index contributed by atoms with van der Waals surface area (Å²) in [5.74, 6) is -3.91. The molecule has 1 saturated heterocycles. The molecule has 42 heavy (non-hydrogen) atoms. The maximum Gasteiger partial charge on any atom is 0.405 e. The molecular formula is C30H32ClF5N2O4. The van der Waals surface area contributed by atoms with Gasteiger partial charge < -0.3 is 10.4 Å². The lowest BCUT2D eigenvalue weighted by Gasteiger charge is -2.63. The molecule has 0 aromatic heterocycles. The molecule has 1 aliphatic heterocycles. The highest BCUT2D eigenvalue weighted by molar-refractivity contribution is 6.30. The van der Waals surface area contributed by atoms with E-state index in [0.29, 0.717) is 5.02 Å². The van der Waals surface area contributed by atoms with Gasteiger partial charge in [-0.05, 0) is 67.5 Å². The van der Waals surface area contributed by atoms with Crippen molar-refractivity contribution in [1.29, 1.82) is 0 Å². The van der Waals surface area contributed by atoms with Gasteiger partial charge in [0.15, 0.2) is 17.1 Å². The summed E-state index contributed by atoms with van der Waals surface area (Å²) in [5, 5.41) is 15.6. The van der Waals surface area contributed by atoms with Gasteiger partial charge in [-0.15, -0.1) is 0 Å². The Morgan fingerprint density at radius 2 is 1.88 bits per heavy atom. The first-order valence-corrected chi connectivity index (χ1v) is 14.4. The van der Waals surface area contributed by atoms with E-state index >= 15 is 8.78 Å². The molecular weight excluding hydrogens is 583 g/mol. The van der Waals surface area contributed by atoms with E-state index in [4.69, 9.17) is 16.4 Å². The molecule has 4 aliphatic carbocycles. The van der Waals surface area contributed by atoms with Gasteiger partial charge in [0.1, 0.15) is 12.7 Å². The van der Waals surface area contributed by atoms with E-state index in [1.165, 1.54) is 24.1 Å². The summed E-state index contributed by atoms with van der Waals surface area (Å²) in [6, 6.07) is 6.89. The topological polar surface area (TPSA) is 78.9 Å². The van der Waals surface area contributed by atoms with E-state index in [2.05, 4.69) is 0 Å². The summed E-state index contributed by atoms with van der Waals surface area (Å²) < 4.78 is 73.0. The molecule has 4 fully saturated rings. The van der Waals surface area contributed by atoms with Crippen molar-refractivity contribution in [2.24, 2.45) is 28.6 Å². The molecule has 5 aliphatic rings. The molecule has 0 bridgehead atoms. The number of fused-ring (bicyclic) bond motifs is 7. The van der Waals surface area contributed by atoms with Crippen LogP contribution in [0.2, 0.25) is 5.02 Å². The summed E-state index contributed by atoms with van der Waals surface area (Å²) in [6.07, 6.45) is -4.96. The largest absolute Gasteiger partial charge is 0.405 e. The smallest absolute Gasteiger partial charge is 0.390 e. The SMILES string of the molecule is C[C@]12C=CC(=O)C=C1[C@@H](F)C[C@H]1[C@@H]3C[C@H]4CN(Cc5ccc(Cl)cc5)O[C@@]4(C(=O)NCC(F)(F)F)[C@@]3(C)C[C@H](O)[C@@]12F. The standard InChI is InChI=1S/C30H32ClF5N2O4/c1-26-8-7-19(39)10-22(26)23(32)11-21-20-9-17-14-38(13-16-3-5-18(31)6-4-16)42-30(17,25(41)37-15-28(33,34)35)27(20,2)12-24(40)29(21,26)36/h3-8,10,17,20-21,23-24,40H,9,11-15H2,1-2H3,(H,37,41)/t17-,20-,21-,23-,24-,26-,27-,29-,30-/m0/s1. The zero-order chi connectivity index (χ0) is 30.5. The average molecular weight is 615 g/mol. The van der Waals surface area contributed by atoms with Gasteiger partial charge in [0.2, 0.25) is 0 Å². The van der Waals surface area contributed by atoms with E-state index in [9.17, 15) is 27.9 Å². The lowest BCUT2D eigenvalue weighted by atomic mass is 9.44. The van der Waals surface area contributed by atoms with Crippen LogP contribution < -0.4 is 5.32 Å². The van der Waals surface area contributed by atoms with Crippen LogP contribution in [0.25, 0.3) is 0 Å². The van der Waals surface area contributed by atoms with Crippen molar-refractivity contribution in [2.45, 2.75) is 69.4 Å². The second kappa shape index (κ2) is 9.58. The Hall–Kier alpha value is -2.34. The second-order valence-corrected chi connectivity index (χ2v) is 13.3. The van der Waals surface area contributed by atoms with Crippen LogP contribution in [0, 0.1) is 28.6 Å². The van der Waals surface area contributed by atoms with E-state index in [1.807, 2.05) is 5.32 Å². The average Bonchev–Trinajstić information content (AvgIpc) is 3.39. The van der Waals surface area contributed by atoms with Crippen molar-refractivity contribution in [2.75, 3.05) is 13.1 Å². The van der Waals surface area contributed by atoms with Crippen LogP contribution >= 0.6 is 11.6 Å². The first-order chi connectivity index (χ1) is 19.5. The third kappa shape index (κ3) is 4.06. The van der Waals surface area contributed by atoms with Gasteiger partial charge in [0, 0.05) is 40.8 Å². The zero-order valence-electron chi connectivity index (χ0n) is 23.1. The number of nitrogens with one attached hydrogen (secondary N) is 1. The van der Waals surface area contributed by atoms with Crippen LogP contribution in [0.5, 0.6) is 0 Å². The first-order valence-electron chi connectivity index (χ1n) is 14.0. The molecule has 2 N–H and O–H groups in total. The number of ketones is 1. The van der Waals surface area contributed by atoms with Crippen LogP contribution in [0.1, 0.15) is 38.7 Å². The minimum atomic E-state index is -4.69. The Bertz CT molecular complexity index is 1370. The predicted molar refractivity (Wildman–Crippen MR) is 142 cm³/mol. The van der Waals surface area contributed by atoms with Crippen LogP contribution in [0.4, 0.5) is 22.0 Å². The summed E-state index contributed by atoms with van der Waals surface area (Å²) >= 11 is 5.99. The van der Waals surface area contributed by atoms with Crippen LogP contribution in [-0.2, 0) is 21.0 Å². The van der Waals surface area contributed by atoms with Crippen molar-refractivity contribution in [3.8, 4) is 0 Å². The van der Waals surface area contributed by atoms with Gasteiger partial charge in [0.25, 0.3) is 5.91 Å². The Balaban J connectivity index is 1.40. The van der Waals surface area contributed by atoms with E-state index in [-0.39, 0.29) is 37.9 Å². The molecule has 12 heteroatoms. The van der Waals surface area contributed by atoms with Gasteiger partial charge in [-0.2, -0.15) is 18.2 Å². The minimum Gasteiger partial charge on any atom is -0.390 e. The van der Waals surface area contributed by atoms with Crippen molar-refractivity contribution in [1.82, 2.24) is 10.4 Å². The molecule has 1 heterocycles. The lowest BCUT2D eigenvalue weighted by molar-refractivity contribution is -0.270. The van der Waals surface area contributed by atoms with Crippen molar-refractivity contribution < 1.29 is 41.5 Å². The maximum absolute atomic E-state index is 17.5. The fraction of sp³-hybridized carbons (Fsp3) is 0.600. The molecule has 0 unspecified atom stereocenters. The number of hydroxylamine groups is 2. The number of aliphatic hydroxyl groups is 1. The van der Waals surface area contributed by atoms with E-state index < -0.39 is 76.5 Å². The number of rotatable bonds is 4. The molecule has 3 saturated carbocycles. The number of carbonyl (C=O) groups excluding carboxylic acids is 2. The number of benzene rings is 1. The highest BCUT2D eigenvalue weighted by Crippen LogP contribution is 2.72. The highest BCUT2D eigenvalue weighted by Gasteiger charge is 2.79. The molecule has 1 aromatic carbocycles.